The molecule has 0 aliphatic heterocycles. The molecule has 0 atom stereocenters. The number of anilines is 1. The van der Waals surface area contributed by atoms with Gasteiger partial charge in [0.15, 0.2) is 0 Å². The van der Waals surface area contributed by atoms with E-state index >= 15 is 0 Å². The molecular weight excluding hydrogens is 328 g/mol. The first-order valence-electron chi connectivity index (χ1n) is 9.13. The van der Waals surface area contributed by atoms with E-state index in [-0.39, 0.29) is 5.56 Å². The molecular formula is C19H28N6O. The highest BCUT2D eigenvalue weighted by Gasteiger charge is 2.15. The number of pyridine rings is 1. The predicted octanol–water partition coefficient (Wildman–Crippen LogP) is 1.90. The van der Waals surface area contributed by atoms with Gasteiger partial charge >= 0.3 is 0 Å². The number of aryl methyl sites for hydroxylation is 2. The van der Waals surface area contributed by atoms with Crippen molar-refractivity contribution < 1.29 is 0 Å². The van der Waals surface area contributed by atoms with E-state index in [1.54, 1.807) is 0 Å². The van der Waals surface area contributed by atoms with Crippen LogP contribution in [0.1, 0.15) is 18.5 Å². The van der Waals surface area contributed by atoms with Gasteiger partial charge in [-0.15, -0.1) is 0 Å². The lowest BCUT2D eigenvalue weighted by Crippen LogP contribution is -2.22. The molecule has 7 nitrogen and oxygen atoms in total. The average molecular weight is 356 g/mol. The normalized spacial score (nSPS) is 11.7. The van der Waals surface area contributed by atoms with E-state index in [1.165, 1.54) is 0 Å². The minimum atomic E-state index is -0.00103. The van der Waals surface area contributed by atoms with Crippen LogP contribution >= 0.6 is 0 Å². The van der Waals surface area contributed by atoms with E-state index in [0.717, 1.165) is 53.7 Å². The monoisotopic (exact) mass is 356 g/mol. The maximum Gasteiger partial charge on any atom is 0.262 e. The van der Waals surface area contributed by atoms with E-state index in [4.69, 9.17) is 5.73 Å². The van der Waals surface area contributed by atoms with E-state index in [2.05, 4.69) is 40.6 Å². The van der Waals surface area contributed by atoms with E-state index in [0.29, 0.717) is 18.5 Å². The van der Waals surface area contributed by atoms with Gasteiger partial charge in [0.2, 0.25) is 0 Å². The maximum absolute atomic E-state index is 12.9. The summed E-state index contributed by atoms with van der Waals surface area (Å²) >= 11 is 0. The highest BCUT2D eigenvalue weighted by Crippen LogP contribution is 2.26. The molecule has 0 aliphatic carbocycles. The molecule has 2 aromatic heterocycles. The number of aromatic amines is 1. The SMILES string of the molecule is Cc1[nH]nc2c1c(=O)n(CCCN)c1ccc(NCCCN(C)C)cc21. The third kappa shape index (κ3) is 3.59. The third-order valence-corrected chi connectivity index (χ3v) is 4.65. The van der Waals surface area contributed by atoms with Crippen molar-refractivity contribution in [3.8, 4) is 0 Å². The molecule has 26 heavy (non-hydrogen) atoms. The molecule has 4 N–H and O–H groups in total. The molecule has 0 saturated heterocycles. The van der Waals surface area contributed by atoms with Gasteiger partial charge in [-0.25, -0.2) is 0 Å². The minimum absolute atomic E-state index is 0.00103. The maximum atomic E-state index is 12.9. The van der Waals surface area contributed by atoms with Crippen molar-refractivity contribution in [3.05, 3.63) is 34.2 Å². The Morgan fingerprint density at radius 1 is 1.31 bits per heavy atom. The summed E-state index contributed by atoms with van der Waals surface area (Å²) in [4.78, 5) is 15.1. The van der Waals surface area contributed by atoms with Crippen LogP contribution in [0.2, 0.25) is 0 Å². The number of hydrogen-bond acceptors (Lipinski definition) is 5. The van der Waals surface area contributed by atoms with Gasteiger partial charge in [-0.05, 0) is 65.1 Å². The quantitative estimate of drug-likeness (QED) is 0.536. The fraction of sp³-hybridized carbons (Fsp3) is 0.474. The molecule has 7 heteroatoms. The molecule has 0 unspecified atom stereocenters. The van der Waals surface area contributed by atoms with Crippen LogP contribution in [0.5, 0.6) is 0 Å². The largest absolute Gasteiger partial charge is 0.385 e. The number of aromatic nitrogens is 3. The van der Waals surface area contributed by atoms with Gasteiger partial charge in [0.1, 0.15) is 5.52 Å². The summed E-state index contributed by atoms with van der Waals surface area (Å²) in [6.45, 7) is 5.00. The Morgan fingerprint density at radius 2 is 2.12 bits per heavy atom. The van der Waals surface area contributed by atoms with Crippen molar-refractivity contribution in [2.24, 2.45) is 5.73 Å². The second-order valence-electron chi connectivity index (χ2n) is 6.99. The van der Waals surface area contributed by atoms with Gasteiger partial charge in [-0.3, -0.25) is 9.89 Å². The fourth-order valence-electron chi connectivity index (χ4n) is 3.30. The molecule has 1 aromatic carbocycles. The molecule has 3 aromatic rings. The molecule has 0 spiro atoms. The van der Waals surface area contributed by atoms with Crippen LogP contribution in [0.25, 0.3) is 21.8 Å². The zero-order valence-electron chi connectivity index (χ0n) is 15.8. The number of rotatable bonds is 8. The summed E-state index contributed by atoms with van der Waals surface area (Å²) in [6, 6.07) is 6.12. The van der Waals surface area contributed by atoms with E-state index in [9.17, 15) is 4.79 Å². The van der Waals surface area contributed by atoms with Crippen molar-refractivity contribution in [1.82, 2.24) is 19.7 Å². The average Bonchev–Trinajstić information content (AvgIpc) is 3.01. The third-order valence-electron chi connectivity index (χ3n) is 4.65. The molecule has 0 fully saturated rings. The first kappa shape index (κ1) is 18.4. The Bertz CT molecular complexity index is 956. The number of nitrogens with two attached hydrogens (primary N) is 1. The fourth-order valence-corrected chi connectivity index (χ4v) is 3.30. The second kappa shape index (κ2) is 7.88. The van der Waals surface area contributed by atoms with Gasteiger partial charge < -0.3 is 20.5 Å². The smallest absolute Gasteiger partial charge is 0.262 e. The summed E-state index contributed by atoms with van der Waals surface area (Å²) in [5, 5.41) is 12.5. The summed E-state index contributed by atoms with van der Waals surface area (Å²) in [6.07, 6.45) is 1.83. The van der Waals surface area contributed by atoms with E-state index < -0.39 is 0 Å². The Kier molecular flexibility index (Phi) is 5.58. The first-order valence-corrected chi connectivity index (χ1v) is 9.13. The zero-order chi connectivity index (χ0) is 18.7. The summed E-state index contributed by atoms with van der Waals surface area (Å²) < 4.78 is 1.82. The highest BCUT2D eigenvalue weighted by molar-refractivity contribution is 6.05. The minimum Gasteiger partial charge on any atom is -0.385 e. The number of hydrogen-bond donors (Lipinski definition) is 3. The van der Waals surface area contributed by atoms with Crippen LogP contribution < -0.4 is 16.6 Å². The van der Waals surface area contributed by atoms with Crippen LogP contribution in [0.3, 0.4) is 0 Å². The van der Waals surface area contributed by atoms with Crippen molar-refractivity contribution >= 4 is 27.5 Å². The Morgan fingerprint density at radius 3 is 2.85 bits per heavy atom. The molecule has 2 heterocycles. The second-order valence-corrected chi connectivity index (χ2v) is 6.99. The summed E-state index contributed by atoms with van der Waals surface area (Å²) in [7, 11) is 4.15. The highest BCUT2D eigenvalue weighted by atomic mass is 16.1. The van der Waals surface area contributed by atoms with Crippen LogP contribution in [0.15, 0.2) is 23.0 Å². The molecule has 0 aliphatic rings. The van der Waals surface area contributed by atoms with Crippen LogP contribution in [-0.2, 0) is 6.54 Å². The molecule has 3 rings (SSSR count). The Labute approximate surface area is 153 Å². The number of benzene rings is 1. The van der Waals surface area contributed by atoms with Crippen LogP contribution in [0, 0.1) is 6.92 Å². The van der Waals surface area contributed by atoms with Crippen LogP contribution in [-0.4, -0.2) is 53.4 Å². The van der Waals surface area contributed by atoms with Gasteiger partial charge in [0.05, 0.1) is 10.9 Å². The lowest BCUT2D eigenvalue weighted by Gasteiger charge is -2.14. The zero-order valence-corrected chi connectivity index (χ0v) is 15.8. The predicted molar refractivity (Wildman–Crippen MR) is 108 cm³/mol. The number of nitrogens with one attached hydrogen (secondary N) is 2. The molecule has 0 bridgehead atoms. The van der Waals surface area contributed by atoms with Crippen molar-refractivity contribution in [3.63, 3.8) is 0 Å². The standard InChI is InChI=1S/C19H28N6O/c1-13-17-18(23-22-13)15-12-14(21-9-5-10-24(2)3)6-7-16(15)25(19(17)26)11-4-8-20/h6-7,12,21H,4-5,8-11,20H2,1-3H3,(H,22,23). The van der Waals surface area contributed by atoms with Gasteiger partial charge in [-0.2, -0.15) is 5.10 Å². The van der Waals surface area contributed by atoms with Crippen molar-refractivity contribution in [2.75, 3.05) is 39.0 Å². The Balaban J connectivity index is 2.03. The van der Waals surface area contributed by atoms with Crippen molar-refractivity contribution in [2.45, 2.75) is 26.3 Å². The van der Waals surface area contributed by atoms with Crippen molar-refractivity contribution in [1.29, 1.82) is 0 Å². The molecule has 0 amide bonds. The number of fused-ring (bicyclic) bond motifs is 3. The molecule has 140 valence electrons. The first-order chi connectivity index (χ1) is 12.5. The van der Waals surface area contributed by atoms with Gasteiger partial charge in [0.25, 0.3) is 5.56 Å². The lowest BCUT2D eigenvalue weighted by atomic mass is 10.1. The molecule has 0 radical (unpaired) electrons. The summed E-state index contributed by atoms with van der Waals surface area (Å²) in [5.41, 5.74) is 9.15. The van der Waals surface area contributed by atoms with Crippen LogP contribution in [0.4, 0.5) is 5.69 Å². The lowest BCUT2D eigenvalue weighted by molar-refractivity contribution is 0.405. The van der Waals surface area contributed by atoms with Gasteiger partial charge in [0, 0.05) is 29.9 Å². The topological polar surface area (TPSA) is 92.0 Å². The number of H-pyrrole nitrogens is 1. The number of nitrogens with zero attached hydrogens (tertiary/aromatic N) is 3. The Hall–Kier alpha value is -2.38. The van der Waals surface area contributed by atoms with Gasteiger partial charge in [-0.1, -0.05) is 0 Å². The van der Waals surface area contributed by atoms with E-state index in [1.807, 2.05) is 23.6 Å². The molecule has 0 saturated carbocycles. The summed E-state index contributed by atoms with van der Waals surface area (Å²) in [5.74, 6) is 0.